The maximum atomic E-state index is 12.4. The van der Waals surface area contributed by atoms with E-state index in [2.05, 4.69) is 16.0 Å². The van der Waals surface area contributed by atoms with Gasteiger partial charge in [0, 0.05) is 37.7 Å². The number of nitrogens with zero attached hydrogens (tertiary/aromatic N) is 1. The molecule has 1 aliphatic rings. The average Bonchev–Trinajstić information content (AvgIpc) is 2.93. The van der Waals surface area contributed by atoms with E-state index in [-0.39, 0.29) is 60.6 Å². The summed E-state index contributed by atoms with van der Waals surface area (Å²) in [5.41, 5.74) is 0.137. The third-order valence-corrected chi connectivity index (χ3v) is 4.45. The lowest BCUT2D eigenvalue weighted by molar-refractivity contribution is -0.120. The fourth-order valence-corrected chi connectivity index (χ4v) is 3.03. The van der Waals surface area contributed by atoms with Crippen LogP contribution in [0.5, 0.6) is 0 Å². The second-order valence-corrected chi connectivity index (χ2v) is 8.62. The number of ether oxygens (including phenoxy) is 1. The molecule has 174 valence electrons. The number of benzene rings is 1. The van der Waals surface area contributed by atoms with E-state index in [1.54, 1.807) is 34.6 Å². The van der Waals surface area contributed by atoms with E-state index in [9.17, 15) is 24.0 Å². The first-order chi connectivity index (χ1) is 14.9. The molecular formula is C22H30N4O6. The Hall–Kier alpha value is -3.43. The van der Waals surface area contributed by atoms with Crippen molar-refractivity contribution in [3.63, 3.8) is 0 Å². The van der Waals surface area contributed by atoms with Gasteiger partial charge in [0.05, 0.1) is 11.1 Å². The van der Waals surface area contributed by atoms with Crippen LogP contribution < -0.4 is 16.0 Å². The van der Waals surface area contributed by atoms with Gasteiger partial charge in [-0.25, -0.2) is 4.79 Å². The van der Waals surface area contributed by atoms with Crippen LogP contribution in [0.25, 0.3) is 0 Å². The van der Waals surface area contributed by atoms with Crippen molar-refractivity contribution in [1.29, 1.82) is 0 Å². The van der Waals surface area contributed by atoms with Crippen molar-refractivity contribution in [3.05, 3.63) is 34.9 Å². The lowest BCUT2D eigenvalue weighted by Crippen LogP contribution is -2.37. The molecule has 0 atom stereocenters. The van der Waals surface area contributed by atoms with Crippen molar-refractivity contribution in [2.24, 2.45) is 0 Å². The van der Waals surface area contributed by atoms with Gasteiger partial charge in [-0.3, -0.25) is 24.1 Å². The van der Waals surface area contributed by atoms with Crippen LogP contribution in [0.15, 0.2) is 18.2 Å². The number of imide groups is 1. The Bertz CT molecular complexity index is 919. The topological polar surface area (TPSA) is 134 Å². The molecule has 10 heteroatoms. The highest BCUT2D eigenvalue weighted by Gasteiger charge is 2.37. The quantitative estimate of drug-likeness (QED) is 0.409. The van der Waals surface area contributed by atoms with E-state index in [1.807, 2.05) is 0 Å². The van der Waals surface area contributed by atoms with E-state index in [0.717, 1.165) is 0 Å². The standard InChI is InChI=1S/C22H30N4O6/c1-13(2)26-19(29)15-7-6-14(12-16(15)20(26)30)18(28)24-11-10-23-17(27)8-9-25-21(31)32-22(3,4)5/h6-7,12-13H,8-11H2,1-5H3,(H,23,27)(H,24,28)(H,25,31). The minimum atomic E-state index is -0.611. The third kappa shape index (κ3) is 6.53. The maximum absolute atomic E-state index is 12.4. The molecule has 2 rings (SSSR count). The van der Waals surface area contributed by atoms with Crippen molar-refractivity contribution in [2.45, 2.75) is 52.7 Å². The van der Waals surface area contributed by atoms with Gasteiger partial charge in [0.15, 0.2) is 0 Å². The highest BCUT2D eigenvalue weighted by Crippen LogP contribution is 2.25. The van der Waals surface area contributed by atoms with Gasteiger partial charge in [-0.05, 0) is 52.8 Å². The van der Waals surface area contributed by atoms with Gasteiger partial charge in [0.25, 0.3) is 17.7 Å². The zero-order chi connectivity index (χ0) is 24.1. The molecule has 0 bridgehead atoms. The molecule has 0 spiro atoms. The second-order valence-electron chi connectivity index (χ2n) is 8.62. The molecule has 0 aliphatic carbocycles. The van der Waals surface area contributed by atoms with E-state index in [4.69, 9.17) is 4.74 Å². The van der Waals surface area contributed by atoms with Crippen molar-refractivity contribution < 1.29 is 28.7 Å². The number of carbonyl (C=O) groups excluding carboxylic acids is 5. The zero-order valence-electron chi connectivity index (χ0n) is 19.0. The predicted octanol–water partition coefficient (Wildman–Crippen LogP) is 1.45. The average molecular weight is 447 g/mol. The molecule has 0 fully saturated rings. The zero-order valence-corrected chi connectivity index (χ0v) is 19.0. The van der Waals surface area contributed by atoms with Crippen LogP contribution in [0.3, 0.4) is 0 Å². The van der Waals surface area contributed by atoms with Crippen LogP contribution in [0, 0.1) is 0 Å². The number of hydrogen-bond acceptors (Lipinski definition) is 6. The molecule has 1 aromatic carbocycles. The molecule has 0 saturated carbocycles. The van der Waals surface area contributed by atoms with Gasteiger partial charge in [-0.15, -0.1) is 0 Å². The van der Waals surface area contributed by atoms with E-state index >= 15 is 0 Å². The lowest BCUT2D eigenvalue weighted by atomic mass is 10.1. The Morgan fingerprint density at radius 2 is 1.56 bits per heavy atom. The number of nitrogens with one attached hydrogen (secondary N) is 3. The summed E-state index contributed by atoms with van der Waals surface area (Å²) in [5.74, 6) is -1.49. The van der Waals surface area contributed by atoms with Gasteiger partial charge in [0.1, 0.15) is 5.60 Å². The number of rotatable bonds is 8. The summed E-state index contributed by atoms with van der Waals surface area (Å²) in [7, 11) is 0. The normalized spacial score (nSPS) is 13.1. The largest absolute Gasteiger partial charge is 0.444 e. The minimum Gasteiger partial charge on any atom is -0.444 e. The molecule has 1 aliphatic heterocycles. The van der Waals surface area contributed by atoms with Crippen molar-refractivity contribution >= 4 is 29.7 Å². The molecule has 0 unspecified atom stereocenters. The van der Waals surface area contributed by atoms with Gasteiger partial charge in [-0.1, -0.05) is 0 Å². The van der Waals surface area contributed by atoms with Gasteiger partial charge < -0.3 is 20.7 Å². The van der Waals surface area contributed by atoms with Crippen LogP contribution in [-0.2, 0) is 9.53 Å². The molecule has 0 radical (unpaired) electrons. The minimum absolute atomic E-state index is 0.0699. The van der Waals surface area contributed by atoms with Gasteiger partial charge >= 0.3 is 6.09 Å². The fourth-order valence-electron chi connectivity index (χ4n) is 3.03. The Morgan fingerprint density at radius 3 is 2.19 bits per heavy atom. The lowest BCUT2D eigenvalue weighted by Gasteiger charge is -2.19. The first-order valence-electron chi connectivity index (χ1n) is 10.4. The third-order valence-electron chi connectivity index (χ3n) is 4.45. The molecule has 3 N–H and O–H groups in total. The molecule has 0 saturated heterocycles. The maximum Gasteiger partial charge on any atom is 0.407 e. The predicted molar refractivity (Wildman–Crippen MR) is 116 cm³/mol. The van der Waals surface area contributed by atoms with Crippen molar-refractivity contribution in [2.75, 3.05) is 19.6 Å². The van der Waals surface area contributed by atoms with Gasteiger partial charge in [0.2, 0.25) is 5.91 Å². The van der Waals surface area contributed by atoms with E-state index in [0.29, 0.717) is 0 Å². The monoisotopic (exact) mass is 446 g/mol. The Morgan fingerprint density at radius 1 is 0.938 bits per heavy atom. The second kappa shape index (κ2) is 10.3. The molecule has 1 heterocycles. The number of carbonyl (C=O) groups is 5. The SMILES string of the molecule is CC(C)N1C(=O)c2ccc(C(=O)NCCNC(=O)CCNC(=O)OC(C)(C)C)cc2C1=O. The molecular weight excluding hydrogens is 416 g/mol. The van der Waals surface area contributed by atoms with E-state index < -0.39 is 23.5 Å². The summed E-state index contributed by atoms with van der Waals surface area (Å²) in [5, 5.41) is 7.78. The first kappa shape index (κ1) is 24.8. The molecule has 0 aromatic heterocycles. The molecule has 32 heavy (non-hydrogen) atoms. The first-order valence-corrected chi connectivity index (χ1v) is 10.4. The highest BCUT2D eigenvalue weighted by atomic mass is 16.6. The summed E-state index contributed by atoms with van der Waals surface area (Å²) in [6.07, 6.45) is -0.524. The Kier molecular flexibility index (Phi) is 7.96. The summed E-state index contributed by atoms with van der Waals surface area (Å²) < 4.78 is 5.07. The molecule has 1 aromatic rings. The summed E-state index contributed by atoms with van der Waals surface area (Å²) in [4.78, 5) is 61.6. The fraction of sp³-hybridized carbons (Fsp3) is 0.500. The summed E-state index contributed by atoms with van der Waals surface area (Å²) in [6, 6.07) is 4.10. The highest BCUT2D eigenvalue weighted by molar-refractivity contribution is 6.22. The van der Waals surface area contributed by atoms with Crippen LogP contribution in [0.4, 0.5) is 4.79 Å². The van der Waals surface area contributed by atoms with Crippen LogP contribution in [-0.4, -0.2) is 65.9 Å². The Labute approximate surface area is 187 Å². The van der Waals surface area contributed by atoms with Crippen molar-refractivity contribution in [3.8, 4) is 0 Å². The number of amides is 5. The summed E-state index contributed by atoms with van der Waals surface area (Å²) in [6.45, 7) is 9.22. The smallest absolute Gasteiger partial charge is 0.407 e. The molecule has 10 nitrogen and oxygen atoms in total. The number of fused-ring (bicyclic) bond motifs is 1. The van der Waals surface area contributed by atoms with Crippen LogP contribution >= 0.6 is 0 Å². The molecule has 5 amide bonds. The van der Waals surface area contributed by atoms with Gasteiger partial charge in [-0.2, -0.15) is 0 Å². The summed E-state index contributed by atoms with van der Waals surface area (Å²) >= 11 is 0. The number of hydrogen-bond donors (Lipinski definition) is 3. The number of alkyl carbamates (subject to hydrolysis) is 1. The van der Waals surface area contributed by atoms with Crippen LogP contribution in [0.2, 0.25) is 0 Å². The Balaban J connectivity index is 1.74. The van der Waals surface area contributed by atoms with Crippen molar-refractivity contribution in [1.82, 2.24) is 20.9 Å². The van der Waals surface area contributed by atoms with E-state index in [1.165, 1.54) is 23.1 Å². The van der Waals surface area contributed by atoms with Crippen LogP contribution in [0.1, 0.15) is 72.1 Å².